The van der Waals surface area contributed by atoms with Crippen molar-refractivity contribution in [1.29, 1.82) is 0 Å². The summed E-state index contributed by atoms with van der Waals surface area (Å²) in [6.45, 7) is 3.06. The van der Waals surface area contributed by atoms with Crippen LogP contribution in [0.4, 0.5) is 0 Å². The van der Waals surface area contributed by atoms with Gasteiger partial charge in [-0.2, -0.15) is 0 Å². The Bertz CT molecular complexity index is 573. The van der Waals surface area contributed by atoms with Gasteiger partial charge in [0.2, 0.25) is 0 Å². The van der Waals surface area contributed by atoms with E-state index in [1.165, 1.54) is 12.8 Å². The molecule has 108 valence electrons. The molecule has 0 unspecified atom stereocenters. The van der Waals surface area contributed by atoms with Crippen LogP contribution in [0, 0.1) is 0 Å². The number of Topliss-reactive ketones (excluding diaryl/α,β-unsaturated/α-hetero) is 1. The third-order valence-corrected chi connectivity index (χ3v) is 4.22. The third-order valence-electron chi connectivity index (χ3n) is 4.22. The fourth-order valence-corrected chi connectivity index (χ4v) is 3.05. The lowest BCUT2D eigenvalue weighted by Crippen LogP contribution is -2.30. The van der Waals surface area contributed by atoms with Gasteiger partial charge in [-0.15, -0.1) is 0 Å². The zero-order valence-electron chi connectivity index (χ0n) is 12.2. The molecule has 21 heavy (non-hydrogen) atoms. The average molecular weight is 279 g/mol. The Morgan fingerprint density at radius 2 is 1.48 bits per heavy atom. The van der Waals surface area contributed by atoms with Crippen LogP contribution in [0.2, 0.25) is 0 Å². The van der Waals surface area contributed by atoms with Crippen LogP contribution in [0.25, 0.3) is 0 Å². The monoisotopic (exact) mass is 279 g/mol. The first-order valence-electron chi connectivity index (χ1n) is 7.71. The van der Waals surface area contributed by atoms with Crippen LogP contribution >= 0.6 is 0 Å². The van der Waals surface area contributed by atoms with Crippen LogP contribution in [0.5, 0.6) is 0 Å². The molecular formula is C19H21NO. The lowest BCUT2D eigenvalue weighted by molar-refractivity contribution is 0.0939. The maximum Gasteiger partial charge on any atom is 0.171 e. The highest BCUT2D eigenvalue weighted by molar-refractivity contribution is 6.01. The Morgan fingerprint density at radius 1 is 0.905 bits per heavy atom. The minimum absolute atomic E-state index is 0.0632. The molecule has 0 N–H and O–H groups in total. The molecule has 2 aromatic carbocycles. The van der Waals surface area contributed by atoms with Gasteiger partial charge in [0.05, 0.1) is 5.92 Å². The predicted octanol–water partition coefficient (Wildman–Crippen LogP) is 3.75. The Kier molecular flexibility index (Phi) is 4.46. The van der Waals surface area contributed by atoms with E-state index in [1.807, 2.05) is 48.5 Å². The highest BCUT2D eigenvalue weighted by Crippen LogP contribution is 2.24. The minimum Gasteiger partial charge on any atom is -0.302 e. The van der Waals surface area contributed by atoms with Gasteiger partial charge in [-0.1, -0.05) is 60.7 Å². The number of benzene rings is 2. The Morgan fingerprint density at radius 3 is 2.10 bits per heavy atom. The molecule has 1 aliphatic rings. The molecule has 0 radical (unpaired) electrons. The Balaban J connectivity index is 1.86. The van der Waals surface area contributed by atoms with Gasteiger partial charge in [-0.05, 0) is 31.5 Å². The second-order valence-electron chi connectivity index (χ2n) is 5.70. The highest BCUT2D eigenvalue weighted by Gasteiger charge is 2.25. The molecule has 1 saturated heterocycles. The number of nitrogens with zero attached hydrogens (tertiary/aromatic N) is 1. The molecule has 2 heteroatoms. The first kappa shape index (κ1) is 14.0. The van der Waals surface area contributed by atoms with Crippen LogP contribution in [0.3, 0.4) is 0 Å². The zero-order valence-corrected chi connectivity index (χ0v) is 12.2. The molecule has 1 atom stereocenters. The maximum atomic E-state index is 12.9. The molecule has 1 heterocycles. The Labute approximate surface area is 126 Å². The van der Waals surface area contributed by atoms with Crippen molar-refractivity contribution in [3.63, 3.8) is 0 Å². The number of carbonyl (C=O) groups excluding carboxylic acids is 1. The zero-order chi connectivity index (χ0) is 14.5. The summed E-state index contributed by atoms with van der Waals surface area (Å²) in [6, 6.07) is 19.8. The molecule has 0 amide bonds. The highest BCUT2D eigenvalue weighted by atomic mass is 16.1. The van der Waals surface area contributed by atoms with Gasteiger partial charge in [-0.3, -0.25) is 4.79 Å². The summed E-state index contributed by atoms with van der Waals surface area (Å²) >= 11 is 0. The van der Waals surface area contributed by atoms with E-state index in [4.69, 9.17) is 0 Å². The number of hydrogen-bond donors (Lipinski definition) is 0. The molecule has 0 aliphatic carbocycles. The summed E-state index contributed by atoms with van der Waals surface area (Å²) in [5.41, 5.74) is 1.93. The van der Waals surface area contributed by atoms with E-state index in [0.29, 0.717) is 0 Å². The molecular weight excluding hydrogens is 258 g/mol. The van der Waals surface area contributed by atoms with Gasteiger partial charge in [0, 0.05) is 12.1 Å². The molecule has 2 aromatic rings. The van der Waals surface area contributed by atoms with Crippen molar-refractivity contribution in [1.82, 2.24) is 4.90 Å². The van der Waals surface area contributed by atoms with E-state index in [9.17, 15) is 4.79 Å². The standard InChI is InChI=1S/C19H21NO/c21-19(17-11-5-2-6-12-17)18(15-20-13-7-8-14-20)16-9-3-1-4-10-16/h1-6,9-12,18H,7-8,13-15H2/t18-/m0/s1. The molecule has 3 rings (SSSR count). The van der Waals surface area contributed by atoms with E-state index < -0.39 is 0 Å². The van der Waals surface area contributed by atoms with E-state index in [0.717, 1.165) is 30.8 Å². The van der Waals surface area contributed by atoms with E-state index >= 15 is 0 Å². The van der Waals surface area contributed by atoms with Crippen LogP contribution in [-0.2, 0) is 0 Å². The molecule has 1 aliphatic heterocycles. The van der Waals surface area contributed by atoms with Gasteiger partial charge < -0.3 is 4.90 Å². The number of carbonyl (C=O) groups is 1. The number of ketones is 1. The summed E-state index contributed by atoms with van der Waals surface area (Å²) in [5, 5.41) is 0. The van der Waals surface area contributed by atoms with Crippen molar-refractivity contribution >= 4 is 5.78 Å². The van der Waals surface area contributed by atoms with Gasteiger partial charge >= 0.3 is 0 Å². The van der Waals surface area contributed by atoms with Crippen molar-refractivity contribution in [2.75, 3.05) is 19.6 Å². The quantitative estimate of drug-likeness (QED) is 0.777. The summed E-state index contributed by atoms with van der Waals surface area (Å²) in [5.74, 6) is 0.167. The molecule has 0 spiro atoms. The second-order valence-corrected chi connectivity index (χ2v) is 5.70. The van der Waals surface area contributed by atoms with Crippen molar-refractivity contribution in [2.24, 2.45) is 0 Å². The van der Waals surface area contributed by atoms with Gasteiger partial charge in [0.25, 0.3) is 0 Å². The predicted molar refractivity (Wildman–Crippen MR) is 85.6 cm³/mol. The SMILES string of the molecule is O=C(c1ccccc1)[C@@H](CN1CCCC1)c1ccccc1. The van der Waals surface area contributed by atoms with Crippen LogP contribution in [-0.4, -0.2) is 30.3 Å². The van der Waals surface area contributed by atoms with Crippen molar-refractivity contribution < 1.29 is 4.79 Å². The second kappa shape index (κ2) is 6.68. The lowest BCUT2D eigenvalue weighted by Gasteiger charge is -2.23. The number of hydrogen-bond acceptors (Lipinski definition) is 2. The van der Waals surface area contributed by atoms with E-state index in [2.05, 4.69) is 17.0 Å². The summed E-state index contributed by atoms with van der Waals surface area (Å²) in [7, 11) is 0. The third kappa shape index (κ3) is 3.40. The largest absolute Gasteiger partial charge is 0.302 e. The summed E-state index contributed by atoms with van der Waals surface area (Å²) in [4.78, 5) is 15.3. The molecule has 2 nitrogen and oxygen atoms in total. The normalized spacial score (nSPS) is 16.8. The minimum atomic E-state index is -0.0632. The number of rotatable bonds is 5. The fourth-order valence-electron chi connectivity index (χ4n) is 3.05. The van der Waals surface area contributed by atoms with E-state index in [-0.39, 0.29) is 11.7 Å². The van der Waals surface area contributed by atoms with Crippen molar-refractivity contribution in [3.8, 4) is 0 Å². The van der Waals surface area contributed by atoms with Crippen LogP contribution < -0.4 is 0 Å². The van der Waals surface area contributed by atoms with Crippen molar-refractivity contribution in [3.05, 3.63) is 71.8 Å². The first-order valence-corrected chi connectivity index (χ1v) is 7.71. The van der Waals surface area contributed by atoms with Gasteiger partial charge in [0.1, 0.15) is 0 Å². The smallest absolute Gasteiger partial charge is 0.171 e. The number of likely N-dealkylation sites (tertiary alicyclic amines) is 1. The summed E-state index contributed by atoms with van der Waals surface area (Å²) in [6.07, 6.45) is 2.50. The molecule has 0 aromatic heterocycles. The fraction of sp³-hybridized carbons (Fsp3) is 0.316. The van der Waals surface area contributed by atoms with E-state index in [1.54, 1.807) is 0 Å². The van der Waals surface area contributed by atoms with Gasteiger partial charge in [-0.25, -0.2) is 0 Å². The van der Waals surface area contributed by atoms with Crippen LogP contribution in [0.1, 0.15) is 34.7 Å². The Hall–Kier alpha value is -1.93. The molecule has 0 saturated carbocycles. The van der Waals surface area contributed by atoms with Crippen LogP contribution in [0.15, 0.2) is 60.7 Å². The molecule has 1 fully saturated rings. The van der Waals surface area contributed by atoms with Crippen molar-refractivity contribution in [2.45, 2.75) is 18.8 Å². The lowest BCUT2D eigenvalue weighted by atomic mass is 9.90. The maximum absolute atomic E-state index is 12.9. The first-order chi connectivity index (χ1) is 10.3. The topological polar surface area (TPSA) is 20.3 Å². The summed E-state index contributed by atoms with van der Waals surface area (Å²) < 4.78 is 0. The molecule has 0 bridgehead atoms. The van der Waals surface area contributed by atoms with Gasteiger partial charge in [0.15, 0.2) is 5.78 Å². The average Bonchev–Trinajstić information content (AvgIpc) is 3.07.